The van der Waals surface area contributed by atoms with Crippen molar-refractivity contribution in [1.29, 1.82) is 5.26 Å². The average Bonchev–Trinajstić information content (AvgIpc) is 3.30. The molecule has 0 saturated carbocycles. The summed E-state index contributed by atoms with van der Waals surface area (Å²) in [7, 11) is 0. The number of nitrogens with one attached hydrogen (secondary N) is 1. The number of amidine groups is 1. The third-order valence-electron chi connectivity index (χ3n) is 6.52. The van der Waals surface area contributed by atoms with E-state index in [0.29, 0.717) is 46.7 Å². The topological polar surface area (TPSA) is 147 Å². The van der Waals surface area contributed by atoms with E-state index in [2.05, 4.69) is 10.3 Å². The number of hydrogen-bond acceptors (Lipinski definition) is 8. The Kier molecular flexibility index (Phi) is 15.4. The van der Waals surface area contributed by atoms with Gasteiger partial charge in [0.1, 0.15) is 29.0 Å². The number of benzene rings is 4. The summed E-state index contributed by atoms with van der Waals surface area (Å²) in [6.45, 7) is 9.01. The van der Waals surface area contributed by atoms with Crippen LogP contribution in [0.3, 0.4) is 0 Å². The largest absolute Gasteiger partial charge is 1.00 e. The Balaban J connectivity index is 0.000000304. The number of ether oxygens (including phenoxy) is 2. The first-order chi connectivity index (χ1) is 22.0. The second-order valence-corrected chi connectivity index (χ2v) is 10.2. The van der Waals surface area contributed by atoms with Gasteiger partial charge in [0.05, 0.1) is 30.2 Å². The monoisotopic (exact) mass is 706 g/mol. The minimum atomic E-state index is -1.77. The molecule has 4 aromatic rings. The molecule has 0 spiro atoms. The van der Waals surface area contributed by atoms with Crippen LogP contribution < -0.4 is 71.9 Å². The van der Waals surface area contributed by atoms with Crippen LogP contribution >= 0.6 is 23.2 Å². The molecule has 0 fully saturated rings. The van der Waals surface area contributed by atoms with Crippen molar-refractivity contribution in [2.75, 3.05) is 18.5 Å². The van der Waals surface area contributed by atoms with Gasteiger partial charge in [-0.25, -0.2) is 13.8 Å². The molecule has 1 aliphatic heterocycles. The Bertz CT molecular complexity index is 1810. The predicted molar refractivity (Wildman–Crippen MR) is 170 cm³/mol. The fraction of sp³-hybridized carbons (Fsp3) is 0.152. The number of nitrogens with zero attached hydrogens (tertiary/aromatic N) is 2. The summed E-state index contributed by atoms with van der Waals surface area (Å²) in [4.78, 5) is 27.5. The van der Waals surface area contributed by atoms with Crippen LogP contribution in [0.1, 0.15) is 40.9 Å². The van der Waals surface area contributed by atoms with Crippen LogP contribution in [0.4, 0.5) is 20.2 Å². The number of carbonyl (C=O) groups is 2. The average molecular weight is 708 g/mol. The van der Waals surface area contributed by atoms with Crippen LogP contribution in [0, 0.1) is 23.5 Å². The van der Waals surface area contributed by atoms with Crippen LogP contribution in [0.2, 0.25) is 10.0 Å². The Morgan fingerprint density at radius 3 is 2.13 bits per heavy atom. The van der Waals surface area contributed by atoms with Gasteiger partial charge in [0, 0.05) is 26.7 Å². The van der Waals surface area contributed by atoms with Crippen molar-refractivity contribution >= 4 is 52.6 Å². The van der Waals surface area contributed by atoms with Crippen LogP contribution in [-0.4, -0.2) is 36.3 Å². The summed E-state index contributed by atoms with van der Waals surface area (Å²) >= 11 is 11.9. The number of nitrogens with two attached hydrogens (primary N) is 1. The molecule has 0 aromatic heterocycles. The smallest absolute Gasteiger partial charge is 0.512 e. The summed E-state index contributed by atoms with van der Waals surface area (Å²) in [5, 5.41) is 20.6. The molecule has 238 valence electrons. The van der Waals surface area contributed by atoms with Crippen LogP contribution in [0.25, 0.3) is 0 Å². The van der Waals surface area contributed by atoms with Gasteiger partial charge < -0.3 is 37.5 Å². The maximum atomic E-state index is 13.7. The first-order valence-electron chi connectivity index (χ1n) is 13.5. The minimum absolute atomic E-state index is 0. The van der Waals surface area contributed by atoms with Gasteiger partial charge >= 0.3 is 51.4 Å². The molecule has 9 nitrogen and oxygen atoms in total. The van der Waals surface area contributed by atoms with E-state index in [1.54, 1.807) is 38.1 Å². The van der Waals surface area contributed by atoms with Gasteiger partial charge in [-0.1, -0.05) is 23.2 Å². The number of fused-ring (bicyclic) bond motifs is 1. The first-order valence-corrected chi connectivity index (χ1v) is 14.3. The van der Waals surface area contributed by atoms with E-state index in [9.17, 15) is 23.5 Å². The van der Waals surface area contributed by atoms with Crippen molar-refractivity contribution in [3.05, 3.63) is 123 Å². The van der Waals surface area contributed by atoms with E-state index in [1.807, 2.05) is 0 Å². The standard InChI is InChI=1S/C16H14ClFN2O2.C16H13ClFNO3.CN.K/c1-2-22-14-6-4-10(18)8-12(14)16(21)11-7-9(17)3-5-13(11)20-15(16)19;1-2-22-15-6-4-11(18)8-13(15)16(21)12-7-10(17)3-5-14(12)19-9-20;1-2;/h3-8,21H,2H2,1H3,(H2,19,20);3-9H,2H2,1H3,(H,19,20);;/q;;-1;+1. The number of carbonyl (C=O) groups excluding carboxylic acids is 2. The molecule has 1 aliphatic rings. The summed E-state index contributed by atoms with van der Waals surface area (Å²) < 4.78 is 38.1. The van der Waals surface area contributed by atoms with Crippen molar-refractivity contribution in [2.45, 2.75) is 19.4 Å². The molecular weight excluding hydrogens is 680 g/mol. The van der Waals surface area contributed by atoms with Gasteiger partial charge in [-0.15, -0.1) is 0 Å². The summed E-state index contributed by atoms with van der Waals surface area (Å²) in [5.41, 5.74) is 5.79. The number of aliphatic imine (C=N–C) groups is 1. The van der Waals surface area contributed by atoms with Gasteiger partial charge in [0.2, 0.25) is 6.41 Å². The van der Waals surface area contributed by atoms with Crippen molar-refractivity contribution < 1.29 is 84.3 Å². The molecule has 0 radical (unpaired) electrons. The molecule has 1 unspecified atom stereocenters. The van der Waals surface area contributed by atoms with Crippen molar-refractivity contribution in [1.82, 2.24) is 0 Å². The Morgan fingerprint density at radius 1 is 0.915 bits per heavy atom. The Hall–Kier alpha value is -3.38. The molecule has 0 aliphatic carbocycles. The number of ketones is 1. The third kappa shape index (κ3) is 9.16. The summed E-state index contributed by atoms with van der Waals surface area (Å²) in [6, 6.07) is 17.0. The number of halogens is 4. The molecule has 4 aromatic carbocycles. The predicted octanol–water partition coefficient (Wildman–Crippen LogP) is 3.89. The number of aliphatic hydroxyl groups is 1. The molecule has 1 heterocycles. The first kappa shape index (κ1) is 39.8. The second kappa shape index (κ2) is 18.2. The van der Waals surface area contributed by atoms with E-state index in [1.165, 1.54) is 42.5 Å². The zero-order valence-corrected chi connectivity index (χ0v) is 30.1. The van der Waals surface area contributed by atoms with E-state index < -0.39 is 23.0 Å². The van der Waals surface area contributed by atoms with Gasteiger partial charge in [0.25, 0.3) is 0 Å². The molecule has 47 heavy (non-hydrogen) atoms. The molecule has 1 atom stereocenters. The summed E-state index contributed by atoms with van der Waals surface area (Å²) in [5.74, 6) is -0.983. The molecular formula is C33H27Cl2F2KN4O5. The van der Waals surface area contributed by atoms with Gasteiger partial charge in [-0.05, 0) is 86.6 Å². The van der Waals surface area contributed by atoms with Gasteiger partial charge in [-0.2, -0.15) is 0 Å². The molecule has 1 amide bonds. The van der Waals surface area contributed by atoms with E-state index in [0.717, 1.165) is 6.07 Å². The Morgan fingerprint density at radius 2 is 1.49 bits per heavy atom. The van der Waals surface area contributed by atoms with Crippen LogP contribution in [0.15, 0.2) is 77.8 Å². The number of rotatable bonds is 9. The zero-order chi connectivity index (χ0) is 34.0. The van der Waals surface area contributed by atoms with Crippen molar-refractivity contribution in [3.63, 3.8) is 0 Å². The zero-order valence-electron chi connectivity index (χ0n) is 25.5. The minimum Gasteiger partial charge on any atom is -0.512 e. The molecule has 0 saturated heterocycles. The number of amides is 1. The normalized spacial score (nSPS) is 14.0. The SMILES string of the molecule is CCOc1ccc(F)cc1C(=O)c1cc(Cl)ccc1NC=O.CCOc1ccc(F)cc1C1(O)C(N)=Nc2ccc(Cl)cc21.[C-]#N.[K+]. The molecule has 5 rings (SSSR count). The maximum Gasteiger partial charge on any atom is 1.00 e. The van der Waals surface area contributed by atoms with Crippen LogP contribution in [0.5, 0.6) is 11.5 Å². The fourth-order valence-electron chi connectivity index (χ4n) is 4.59. The Labute approximate surface area is 322 Å². The van der Waals surface area contributed by atoms with E-state index in [4.69, 9.17) is 50.2 Å². The third-order valence-corrected chi connectivity index (χ3v) is 6.99. The number of hydrogen-bond donors (Lipinski definition) is 3. The van der Waals surface area contributed by atoms with Crippen molar-refractivity contribution in [3.8, 4) is 11.5 Å². The van der Waals surface area contributed by atoms with Gasteiger partial charge in [-0.3, -0.25) is 9.59 Å². The molecule has 0 bridgehead atoms. The van der Waals surface area contributed by atoms with Gasteiger partial charge in [0.15, 0.2) is 11.4 Å². The van der Waals surface area contributed by atoms with E-state index in [-0.39, 0.29) is 85.3 Å². The van der Waals surface area contributed by atoms with Crippen molar-refractivity contribution in [2.24, 2.45) is 10.7 Å². The molecule has 4 N–H and O–H groups in total. The maximum absolute atomic E-state index is 13.7. The van der Waals surface area contributed by atoms with Crippen LogP contribution in [-0.2, 0) is 10.4 Å². The fourth-order valence-corrected chi connectivity index (χ4v) is 4.94. The molecule has 14 heteroatoms. The second-order valence-electron chi connectivity index (χ2n) is 9.30. The number of anilines is 1. The van der Waals surface area contributed by atoms with E-state index >= 15 is 0 Å². The summed E-state index contributed by atoms with van der Waals surface area (Å²) in [6.07, 6.45) is 0.453. The quantitative estimate of drug-likeness (QED) is 0.104.